The van der Waals surface area contributed by atoms with Crippen molar-refractivity contribution in [2.45, 2.75) is 37.9 Å². The highest BCUT2D eigenvalue weighted by atomic mass is 32.2. The fourth-order valence-corrected chi connectivity index (χ4v) is 4.46. The molecule has 0 aromatic carbocycles. The first kappa shape index (κ1) is 14.5. The van der Waals surface area contributed by atoms with Crippen molar-refractivity contribution in [2.24, 2.45) is 0 Å². The second-order valence-corrected chi connectivity index (χ2v) is 8.09. The normalized spacial score (nSPS) is 25.8. The Labute approximate surface area is 123 Å². The lowest BCUT2D eigenvalue weighted by molar-refractivity contribution is -0.138. The molecule has 1 aliphatic carbocycles. The number of imidazole rings is 1. The molecule has 1 atom stereocenters. The largest absolute Gasteiger partial charge is 0.481 e. The number of carboxylic acids is 1. The summed E-state index contributed by atoms with van der Waals surface area (Å²) in [4.78, 5) is 17.1. The summed E-state index contributed by atoms with van der Waals surface area (Å²) in [6.45, 7) is 0.945. The summed E-state index contributed by atoms with van der Waals surface area (Å²) in [5.41, 5.74) is 1.03. The fraction of sp³-hybridized carbons (Fsp3) is 0.692. The van der Waals surface area contributed by atoms with Crippen LogP contribution in [0.15, 0.2) is 12.5 Å². The number of aromatic nitrogens is 2. The van der Waals surface area contributed by atoms with Crippen molar-refractivity contribution in [1.82, 2.24) is 14.5 Å². The highest BCUT2D eigenvalue weighted by Crippen LogP contribution is 2.36. The van der Waals surface area contributed by atoms with Gasteiger partial charge < -0.3 is 9.67 Å². The molecule has 0 radical (unpaired) electrons. The molecular formula is C13H19N3O4S. The van der Waals surface area contributed by atoms with Gasteiger partial charge in [0.25, 0.3) is 0 Å². The maximum Gasteiger partial charge on any atom is 0.304 e. The van der Waals surface area contributed by atoms with Crippen LogP contribution in [0, 0.1) is 0 Å². The molecule has 1 saturated carbocycles. The molecule has 1 aromatic rings. The Hall–Kier alpha value is -1.41. The van der Waals surface area contributed by atoms with Gasteiger partial charge in [0.1, 0.15) is 0 Å². The molecule has 21 heavy (non-hydrogen) atoms. The minimum atomic E-state index is -3.13. The first-order valence-corrected chi connectivity index (χ1v) is 8.94. The van der Waals surface area contributed by atoms with Crippen LogP contribution in [0.3, 0.4) is 0 Å². The van der Waals surface area contributed by atoms with Gasteiger partial charge >= 0.3 is 5.97 Å². The van der Waals surface area contributed by atoms with Crippen LogP contribution in [0.2, 0.25) is 0 Å². The van der Waals surface area contributed by atoms with Crippen LogP contribution < -0.4 is 0 Å². The Morgan fingerprint density at radius 2 is 2.19 bits per heavy atom. The predicted octanol–water partition coefficient (Wildman–Crippen LogP) is 0.292. The van der Waals surface area contributed by atoms with Crippen molar-refractivity contribution in [3.05, 3.63) is 18.2 Å². The quantitative estimate of drug-likeness (QED) is 0.840. The van der Waals surface area contributed by atoms with Gasteiger partial charge in [0.15, 0.2) is 9.84 Å². The van der Waals surface area contributed by atoms with E-state index >= 15 is 0 Å². The summed E-state index contributed by atoms with van der Waals surface area (Å²) in [6, 6.07) is 0.0535. The van der Waals surface area contributed by atoms with E-state index in [0.717, 1.165) is 18.5 Å². The summed E-state index contributed by atoms with van der Waals surface area (Å²) < 4.78 is 25.6. The monoisotopic (exact) mass is 313 g/mol. The first-order chi connectivity index (χ1) is 9.94. The van der Waals surface area contributed by atoms with E-state index in [1.165, 1.54) is 0 Å². The van der Waals surface area contributed by atoms with Crippen LogP contribution in [-0.4, -0.2) is 58.0 Å². The zero-order chi connectivity index (χ0) is 15.0. The van der Waals surface area contributed by atoms with E-state index in [9.17, 15) is 13.2 Å². The third-order valence-electron chi connectivity index (χ3n) is 4.11. The average Bonchev–Trinajstić information content (AvgIpc) is 3.12. The maximum atomic E-state index is 11.7. The molecule has 1 aliphatic heterocycles. The standard InChI is InChI=1S/C13H19N3O4S/c17-13(18)5-11-8-21(19,20)4-3-15(11)7-12-6-14-9-16(12)10-1-2-10/h6,9-11H,1-5,7-8H2,(H,17,18). The molecule has 2 aliphatic rings. The third-order valence-corrected chi connectivity index (χ3v) is 5.81. The third kappa shape index (κ3) is 3.44. The van der Waals surface area contributed by atoms with E-state index in [0.29, 0.717) is 19.1 Å². The molecular weight excluding hydrogens is 294 g/mol. The number of carboxylic acid groups (broad SMARTS) is 1. The molecule has 1 saturated heterocycles. The molecule has 1 unspecified atom stereocenters. The number of hydrogen-bond donors (Lipinski definition) is 1. The summed E-state index contributed by atoms with van der Waals surface area (Å²) in [6.07, 6.45) is 5.75. The van der Waals surface area contributed by atoms with Crippen LogP contribution in [0.1, 0.15) is 31.0 Å². The van der Waals surface area contributed by atoms with Crippen molar-refractivity contribution in [3.8, 4) is 0 Å². The first-order valence-electron chi connectivity index (χ1n) is 7.11. The van der Waals surface area contributed by atoms with Crippen molar-refractivity contribution < 1.29 is 18.3 Å². The Morgan fingerprint density at radius 1 is 1.43 bits per heavy atom. The molecule has 2 heterocycles. The lowest BCUT2D eigenvalue weighted by Gasteiger charge is -2.34. The van der Waals surface area contributed by atoms with E-state index in [4.69, 9.17) is 5.11 Å². The van der Waals surface area contributed by atoms with Crippen molar-refractivity contribution in [2.75, 3.05) is 18.1 Å². The molecule has 0 amide bonds. The van der Waals surface area contributed by atoms with Crippen LogP contribution in [0.5, 0.6) is 0 Å². The maximum absolute atomic E-state index is 11.7. The Kier molecular flexibility index (Phi) is 3.75. The van der Waals surface area contributed by atoms with Crippen LogP contribution in [0.25, 0.3) is 0 Å². The topological polar surface area (TPSA) is 92.5 Å². The van der Waals surface area contributed by atoms with Crippen molar-refractivity contribution in [1.29, 1.82) is 0 Å². The number of sulfone groups is 1. The van der Waals surface area contributed by atoms with Gasteiger partial charge in [-0.2, -0.15) is 0 Å². The van der Waals surface area contributed by atoms with Gasteiger partial charge in [-0.3, -0.25) is 9.69 Å². The molecule has 8 heteroatoms. The summed E-state index contributed by atoms with van der Waals surface area (Å²) in [5.74, 6) is -0.935. The van der Waals surface area contributed by atoms with Crippen LogP contribution >= 0.6 is 0 Å². The van der Waals surface area contributed by atoms with Crippen molar-refractivity contribution in [3.63, 3.8) is 0 Å². The Balaban J connectivity index is 1.75. The summed E-state index contributed by atoms with van der Waals surface area (Å²) >= 11 is 0. The predicted molar refractivity (Wildman–Crippen MR) is 75.6 cm³/mol. The molecule has 0 bridgehead atoms. The molecule has 0 spiro atoms. The van der Waals surface area contributed by atoms with Gasteiger partial charge in [-0.05, 0) is 12.8 Å². The molecule has 1 aromatic heterocycles. The minimum absolute atomic E-state index is 0.0726. The zero-order valence-electron chi connectivity index (χ0n) is 11.7. The van der Waals surface area contributed by atoms with E-state index in [1.54, 1.807) is 12.5 Å². The van der Waals surface area contributed by atoms with E-state index in [2.05, 4.69) is 9.55 Å². The van der Waals surface area contributed by atoms with Gasteiger partial charge in [0.2, 0.25) is 0 Å². The lowest BCUT2D eigenvalue weighted by atomic mass is 10.2. The van der Waals surface area contributed by atoms with E-state index < -0.39 is 21.8 Å². The van der Waals surface area contributed by atoms with E-state index in [-0.39, 0.29) is 17.9 Å². The Bertz CT molecular complexity index is 636. The fourth-order valence-electron chi connectivity index (χ4n) is 2.86. The number of carbonyl (C=O) groups is 1. The van der Waals surface area contributed by atoms with Gasteiger partial charge in [0.05, 0.1) is 29.9 Å². The van der Waals surface area contributed by atoms with Gasteiger partial charge in [-0.15, -0.1) is 0 Å². The van der Waals surface area contributed by atoms with Gasteiger partial charge in [0, 0.05) is 31.4 Å². The van der Waals surface area contributed by atoms with Gasteiger partial charge in [-0.25, -0.2) is 13.4 Å². The minimum Gasteiger partial charge on any atom is -0.481 e. The second-order valence-electron chi connectivity index (χ2n) is 5.86. The highest BCUT2D eigenvalue weighted by molar-refractivity contribution is 7.91. The van der Waals surface area contributed by atoms with Crippen molar-refractivity contribution >= 4 is 15.8 Å². The SMILES string of the molecule is O=C(O)CC1CS(=O)(=O)CCN1Cc1cncn1C1CC1. The molecule has 116 valence electrons. The number of hydrogen-bond acceptors (Lipinski definition) is 5. The Morgan fingerprint density at radius 3 is 2.86 bits per heavy atom. The zero-order valence-corrected chi connectivity index (χ0v) is 12.5. The molecule has 1 N–H and O–H groups in total. The number of nitrogens with zero attached hydrogens (tertiary/aromatic N) is 3. The highest BCUT2D eigenvalue weighted by Gasteiger charge is 2.34. The lowest BCUT2D eigenvalue weighted by Crippen LogP contribution is -2.49. The van der Waals surface area contributed by atoms with E-state index in [1.807, 2.05) is 4.90 Å². The van der Waals surface area contributed by atoms with Crippen LogP contribution in [0.4, 0.5) is 0 Å². The molecule has 7 nitrogen and oxygen atoms in total. The number of rotatable bonds is 5. The van der Waals surface area contributed by atoms with Gasteiger partial charge in [-0.1, -0.05) is 0 Å². The summed E-state index contributed by atoms with van der Waals surface area (Å²) in [7, 11) is -3.13. The molecule has 2 fully saturated rings. The van der Waals surface area contributed by atoms with Crippen LogP contribution in [-0.2, 0) is 21.2 Å². The number of aliphatic carboxylic acids is 1. The average molecular weight is 313 g/mol. The smallest absolute Gasteiger partial charge is 0.304 e. The second kappa shape index (κ2) is 5.42. The molecule has 3 rings (SSSR count). The summed E-state index contributed by atoms with van der Waals surface area (Å²) in [5, 5.41) is 8.99.